The molecule has 2 aromatic carbocycles. The molecule has 1 amide bonds. The average molecular weight is 388 g/mol. The summed E-state index contributed by atoms with van der Waals surface area (Å²) >= 11 is 6.00. The monoisotopic (exact) mass is 387 g/mol. The van der Waals surface area contributed by atoms with E-state index in [2.05, 4.69) is 15.6 Å². The number of carbonyl (C=O) groups is 1. The summed E-state index contributed by atoms with van der Waals surface area (Å²) < 4.78 is 15.6. The van der Waals surface area contributed by atoms with Crippen molar-refractivity contribution in [2.45, 2.75) is 20.0 Å². The van der Waals surface area contributed by atoms with Gasteiger partial charge in [-0.3, -0.25) is 4.79 Å². The molecule has 0 bridgehead atoms. The van der Waals surface area contributed by atoms with Gasteiger partial charge in [0, 0.05) is 10.6 Å². The Morgan fingerprint density at radius 2 is 1.85 bits per heavy atom. The summed E-state index contributed by atoms with van der Waals surface area (Å²) in [6.45, 7) is 3.50. The quantitative estimate of drug-likeness (QED) is 0.684. The normalized spacial score (nSPS) is 11.7. The number of benzene rings is 2. The van der Waals surface area contributed by atoms with Gasteiger partial charge in [0.15, 0.2) is 11.8 Å². The van der Waals surface area contributed by atoms with Gasteiger partial charge in [-0.1, -0.05) is 11.6 Å². The molecular formula is C19H18ClN3O4. The van der Waals surface area contributed by atoms with Crippen molar-refractivity contribution in [3.8, 4) is 22.8 Å². The third kappa shape index (κ3) is 4.38. The second-order valence-electron chi connectivity index (χ2n) is 5.85. The Bertz CT molecular complexity index is 940. The molecule has 0 saturated carbocycles. The first-order chi connectivity index (χ1) is 13.0. The van der Waals surface area contributed by atoms with Gasteiger partial charge in [0.2, 0.25) is 5.82 Å². The summed E-state index contributed by atoms with van der Waals surface area (Å²) in [5, 5.41) is 10.9. The van der Waals surface area contributed by atoms with Crippen LogP contribution in [-0.2, 0) is 4.79 Å². The Kier molecular flexibility index (Phi) is 5.61. The van der Waals surface area contributed by atoms with Crippen molar-refractivity contribution in [1.29, 1.82) is 0 Å². The SMILES string of the molecule is COc1ccc(-c2nonc2NC(=O)C(C)Oc2ccc(Cl)c(C)c2)cc1. The van der Waals surface area contributed by atoms with E-state index in [0.717, 1.165) is 11.1 Å². The van der Waals surface area contributed by atoms with E-state index in [0.29, 0.717) is 22.2 Å². The number of aromatic nitrogens is 2. The zero-order valence-corrected chi connectivity index (χ0v) is 15.8. The van der Waals surface area contributed by atoms with Gasteiger partial charge in [0.1, 0.15) is 11.5 Å². The third-order valence-corrected chi connectivity index (χ3v) is 4.33. The highest BCUT2D eigenvalue weighted by Gasteiger charge is 2.20. The maximum Gasteiger partial charge on any atom is 0.266 e. The molecule has 1 N–H and O–H groups in total. The fourth-order valence-electron chi connectivity index (χ4n) is 2.38. The second kappa shape index (κ2) is 8.09. The molecule has 1 atom stereocenters. The molecule has 3 rings (SSSR count). The van der Waals surface area contributed by atoms with Gasteiger partial charge in [-0.2, -0.15) is 0 Å². The highest BCUT2D eigenvalue weighted by atomic mass is 35.5. The van der Waals surface area contributed by atoms with Gasteiger partial charge in [-0.15, -0.1) is 0 Å². The molecule has 1 aromatic heterocycles. The Morgan fingerprint density at radius 1 is 1.15 bits per heavy atom. The molecule has 27 heavy (non-hydrogen) atoms. The smallest absolute Gasteiger partial charge is 0.266 e. The van der Waals surface area contributed by atoms with E-state index in [1.807, 2.05) is 6.92 Å². The van der Waals surface area contributed by atoms with Crippen LogP contribution in [0, 0.1) is 6.92 Å². The van der Waals surface area contributed by atoms with Gasteiger partial charge < -0.3 is 14.8 Å². The number of halogens is 1. The molecule has 1 unspecified atom stereocenters. The highest BCUT2D eigenvalue weighted by Crippen LogP contribution is 2.27. The molecule has 0 radical (unpaired) electrons. The first-order valence-electron chi connectivity index (χ1n) is 8.18. The molecule has 1 heterocycles. The van der Waals surface area contributed by atoms with Crippen LogP contribution < -0.4 is 14.8 Å². The van der Waals surface area contributed by atoms with Crippen molar-refractivity contribution in [1.82, 2.24) is 10.3 Å². The maximum atomic E-state index is 12.5. The van der Waals surface area contributed by atoms with Crippen LogP contribution in [0.25, 0.3) is 11.3 Å². The molecule has 140 valence electrons. The second-order valence-corrected chi connectivity index (χ2v) is 6.26. The molecule has 0 aliphatic heterocycles. The number of nitrogens with zero attached hydrogens (tertiary/aromatic N) is 2. The van der Waals surface area contributed by atoms with E-state index in [-0.39, 0.29) is 11.7 Å². The predicted molar refractivity (Wildman–Crippen MR) is 101 cm³/mol. The van der Waals surface area contributed by atoms with Crippen molar-refractivity contribution in [3.05, 3.63) is 53.1 Å². The number of hydrogen-bond acceptors (Lipinski definition) is 6. The lowest BCUT2D eigenvalue weighted by Crippen LogP contribution is -2.30. The highest BCUT2D eigenvalue weighted by molar-refractivity contribution is 6.31. The average Bonchev–Trinajstić information content (AvgIpc) is 3.12. The Balaban J connectivity index is 1.70. The zero-order valence-electron chi connectivity index (χ0n) is 15.0. The van der Waals surface area contributed by atoms with Crippen molar-refractivity contribution >= 4 is 23.3 Å². The number of hydrogen-bond donors (Lipinski definition) is 1. The lowest BCUT2D eigenvalue weighted by atomic mass is 10.1. The van der Waals surface area contributed by atoms with Crippen molar-refractivity contribution in [2.75, 3.05) is 12.4 Å². The number of rotatable bonds is 6. The van der Waals surface area contributed by atoms with Crippen LogP contribution in [0.3, 0.4) is 0 Å². The number of carbonyl (C=O) groups excluding carboxylic acids is 1. The minimum atomic E-state index is -0.758. The molecule has 3 aromatic rings. The number of aryl methyl sites for hydroxylation is 1. The number of ether oxygens (including phenoxy) is 2. The van der Waals surface area contributed by atoms with E-state index < -0.39 is 6.10 Å². The van der Waals surface area contributed by atoms with Gasteiger partial charge >= 0.3 is 0 Å². The van der Waals surface area contributed by atoms with E-state index in [1.165, 1.54) is 0 Å². The van der Waals surface area contributed by atoms with Gasteiger partial charge in [0.05, 0.1) is 7.11 Å². The van der Waals surface area contributed by atoms with Crippen LogP contribution >= 0.6 is 11.6 Å². The molecule has 0 saturated heterocycles. The Hall–Kier alpha value is -3.06. The summed E-state index contributed by atoms with van der Waals surface area (Å²) in [5.41, 5.74) is 2.01. The summed E-state index contributed by atoms with van der Waals surface area (Å²) in [6, 6.07) is 12.4. The van der Waals surface area contributed by atoms with Crippen molar-refractivity contribution < 1.29 is 18.9 Å². The van der Waals surface area contributed by atoms with Crippen molar-refractivity contribution in [2.24, 2.45) is 0 Å². The van der Waals surface area contributed by atoms with Crippen LogP contribution in [0.1, 0.15) is 12.5 Å². The molecular weight excluding hydrogens is 370 g/mol. The largest absolute Gasteiger partial charge is 0.497 e. The van der Waals surface area contributed by atoms with Crippen LogP contribution in [-0.4, -0.2) is 29.4 Å². The lowest BCUT2D eigenvalue weighted by Gasteiger charge is -2.14. The summed E-state index contributed by atoms with van der Waals surface area (Å²) in [7, 11) is 1.59. The summed E-state index contributed by atoms with van der Waals surface area (Å²) in [6.07, 6.45) is -0.758. The minimum Gasteiger partial charge on any atom is -0.497 e. The fraction of sp³-hybridized carbons (Fsp3) is 0.211. The molecule has 0 spiro atoms. The number of amides is 1. The fourth-order valence-corrected chi connectivity index (χ4v) is 2.49. The molecule has 7 nitrogen and oxygen atoms in total. The molecule has 8 heteroatoms. The number of methoxy groups -OCH3 is 1. The van der Waals surface area contributed by atoms with E-state index >= 15 is 0 Å². The third-order valence-electron chi connectivity index (χ3n) is 3.91. The number of anilines is 1. The Morgan fingerprint density at radius 3 is 2.52 bits per heavy atom. The Labute approximate surface area is 161 Å². The number of nitrogens with one attached hydrogen (secondary N) is 1. The van der Waals surface area contributed by atoms with Crippen molar-refractivity contribution in [3.63, 3.8) is 0 Å². The van der Waals surface area contributed by atoms with Crippen LogP contribution in [0.2, 0.25) is 5.02 Å². The first-order valence-corrected chi connectivity index (χ1v) is 8.56. The van der Waals surface area contributed by atoms with E-state index in [9.17, 15) is 4.79 Å². The van der Waals surface area contributed by atoms with Crippen LogP contribution in [0.15, 0.2) is 47.1 Å². The topological polar surface area (TPSA) is 86.5 Å². The molecule has 0 aliphatic carbocycles. The van der Waals surface area contributed by atoms with Crippen LogP contribution in [0.5, 0.6) is 11.5 Å². The van der Waals surface area contributed by atoms with Gasteiger partial charge in [-0.25, -0.2) is 4.63 Å². The summed E-state index contributed by atoms with van der Waals surface area (Å²) in [5.74, 6) is 1.09. The van der Waals surface area contributed by atoms with E-state index in [1.54, 1.807) is 56.5 Å². The first kappa shape index (κ1) is 18.7. The standard InChI is InChI=1S/C19H18ClN3O4/c1-11-10-15(8-9-16(11)20)26-12(2)19(24)21-18-17(22-27-23-18)13-4-6-14(25-3)7-5-13/h4-10,12H,1-3H3,(H,21,23,24). The van der Waals surface area contributed by atoms with E-state index in [4.69, 9.17) is 25.7 Å². The molecule has 0 aliphatic rings. The lowest BCUT2D eigenvalue weighted by molar-refractivity contribution is -0.122. The van der Waals surface area contributed by atoms with Gasteiger partial charge in [0.25, 0.3) is 5.91 Å². The minimum absolute atomic E-state index is 0.216. The molecule has 0 fully saturated rings. The predicted octanol–water partition coefficient (Wildman–Crippen LogP) is 4.11. The van der Waals surface area contributed by atoms with Crippen LogP contribution in [0.4, 0.5) is 5.82 Å². The zero-order chi connectivity index (χ0) is 19.4. The summed E-state index contributed by atoms with van der Waals surface area (Å²) in [4.78, 5) is 12.5. The van der Waals surface area contributed by atoms with Gasteiger partial charge in [-0.05, 0) is 72.2 Å². The maximum absolute atomic E-state index is 12.5.